The van der Waals surface area contributed by atoms with Crippen molar-refractivity contribution in [3.8, 4) is 0 Å². The van der Waals surface area contributed by atoms with E-state index >= 15 is 0 Å². The molecule has 0 bridgehead atoms. The molecule has 3 heterocycles. The molecule has 3 rings (SSSR count). The number of hydrogen-bond acceptors (Lipinski definition) is 5. The van der Waals surface area contributed by atoms with Crippen molar-refractivity contribution in [2.24, 2.45) is 0 Å². The Kier molecular flexibility index (Phi) is 5.62. The highest BCUT2D eigenvalue weighted by Crippen LogP contribution is 2.24. The van der Waals surface area contributed by atoms with Crippen LogP contribution >= 0.6 is 0 Å². The SMILES string of the molecule is CCOCC(=O)N1CCn2cc(C(=O)NCc3ccccn3)nc2C1C. The van der Waals surface area contributed by atoms with Crippen molar-refractivity contribution >= 4 is 11.8 Å². The minimum absolute atomic E-state index is 0.0604. The standard InChI is InChI=1S/C18H23N5O3/c1-3-26-12-16(24)23-9-8-22-11-15(21-17(22)13(23)2)18(25)20-10-14-6-4-5-7-19-14/h4-7,11,13H,3,8-10,12H2,1-2H3,(H,20,25). The van der Waals surface area contributed by atoms with Gasteiger partial charge >= 0.3 is 0 Å². The molecule has 8 nitrogen and oxygen atoms in total. The van der Waals surface area contributed by atoms with Gasteiger partial charge in [-0.3, -0.25) is 14.6 Å². The summed E-state index contributed by atoms with van der Waals surface area (Å²) in [6.07, 6.45) is 3.43. The van der Waals surface area contributed by atoms with Gasteiger partial charge in [0.25, 0.3) is 5.91 Å². The van der Waals surface area contributed by atoms with Gasteiger partial charge < -0.3 is 19.5 Å². The number of amides is 2. The minimum atomic E-state index is -0.253. The number of nitrogens with zero attached hydrogens (tertiary/aromatic N) is 4. The second kappa shape index (κ2) is 8.09. The molecule has 8 heteroatoms. The number of ether oxygens (including phenoxy) is 1. The van der Waals surface area contributed by atoms with Gasteiger partial charge in [0, 0.05) is 32.1 Å². The van der Waals surface area contributed by atoms with Crippen LogP contribution in [0.2, 0.25) is 0 Å². The van der Waals surface area contributed by atoms with E-state index in [2.05, 4.69) is 15.3 Å². The molecular formula is C18H23N5O3. The van der Waals surface area contributed by atoms with Crippen LogP contribution in [-0.4, -0.2) is 51.0 Å². The first-order valence-electron chi connectivity index (χ1n) is 8.72. The fourth-order valence-electron chi connectivity index (χ4n) is 2.98. The number of aromatic nitrogens is 3. The van der Waals surface area contributed by atoms with Crippen LogP contribution in [0.5, 0.6) is 0 Å². The van der Waals surface area contributed by atoms with Gasteiger partial charge in [-0.2, -0.15) is 0 Å². The molecule has 2 amide bonds. The van der Waals surface area contributed by atoms with Gasteiger partial charge in [-0.15, -0.1) is 0 Å². The van der Waals surface area contributed by atoms with Crippen LogP contribution in [0, 0.1) is 0 Å². The number of pyridine rings is 1. The molecule has 1 aliphatic rings. The number of carbonyl (C=O) groups is 2. The van der Waals surface area contributed by atoms with Crippen LogP contribution in [-0.2, 0) is 22.6 Å². The van der Waals surface area contributed by atoms with Crippen LogP contribution in [0.25, 0.3) is 0 Å². The van der Waals surface area contributed by atoms with Crippen molar-refractivity contribution in [3.05, 3.63) is 47.8 Å². The molecule has 1 unspecified atom stereocenters. The Labute approximate surface area is 152 Å². The number of fused-ring (bicyclic) bond motifs is 1. The van der Waals surface area contributed by atoms with Crippen molar-refractivity contribution in [1.29, 1.82) is 0 Å². The third-order valence-corrected chi connectivity index (χ3v) is 4.37. The zero-order chi connectivity index (χ0) is 18.5. The summed E-state index contributed by atoms with van der Waals surface area (Å²) >= 11 is 0. The zero-order valence-corrected chi connectivity index (χ0v) is 15.0. The summed E-state index contributed by atoms with van der Waals surface area (Å²) in [5, 5.41) is 2.82. The summed E-state index contributed by atoms with van der Waals surface area (Å²) in [6, 6.07) is 5.35. The maximum atomic E-state index is 12.4. The molecule has 0 saturated carbocycles. The second-order valence-electron chi connectivity index (χ2n) is 6.08. The molecule has 138 valence electrons. The van der Waals surface area contributed by atoms with Gasteiger partial charge in [0.15, 0.2) is 0 Å². The van der Waals surface area contributed by atoms with Crippen LogP contribution in [0.4, 0.5) is 0 Å². The van der Waals surface area contributed by atoms with E-state index in [-0.39, 0.29) is 24.5 Å². The highest BCUT2D eigenvalue weighted by Gasteiger charge is 2.30. The van der Waals surface area contributed by atoms with E-state index < -0.39 is 0 Å². The fourth-order valence-corrected chi connectivity index (χ4v) is 2.98. The molecule has 0 aromatic carbocycles. The van der Waals surface area contributed by atoms with Crippen LogP contribution in [0.1, 0.15) is 41.9 Å². The molecule has 1 N–H and O–H groups in total. The Morgan fingerprint density at radius 3 is 2.92 bits per heavy atom. The molecule has 0 spiro atoms. The van der Waals surface area contributed by atoms with E-state index in [0.29, 0.717) is 37.8 Å². The lowest BCUT2D eigenvalue weighted by Gasteiger charge is -2.33. The van der Waals surface area contributed by atoms with E-state index in [1.54, 1.807) is 17.3 Å². The number of rotatable bonds is 6. The van der Waals surface area contributed by atoms with Gasteiger partial charge in [-0.25, -0.2) is 4.98 Å². The van der Waals surface area contributed by atoms with E-state index in [4.69, 9.17) is 4.74 Å². The third kappa shape index (κ3) is 3.91. The number of hydrogen-bond donors (Lipinski definition) is 1. The molecule has 2 aromatic rings. The Bertz CT molecular complexity index is 774. The average Bonchev–Trinajstić information content (AvgIpc) is 3.10. The van der Waals surface area contributed by atoms with E-state index in [9.17, 15) is 9.59 Å². The van der Waals surface area contributed by atoms with Crippen molar-refractivity contribution in [3.63, 3.8) is 0 Å². The fraction of sp³-hybridized carbons (Fsp3) is 0.444. The van der Waals surface area contributed by atoms with Gasteiger partial charge in [0.2, 0.25) is 5.91 Å². The molecule has 0 radical (unpaired) electrons. The lowest BCUT2D eigenvalue weighted by atomic mass is 10.2. The number of carbonyl (C=O) groups excluding carboxylic acids is 2. The summed E-state index contributed by atoms with van der Waals surface area (Å²) in [6.45, 7) is 5.87. The molecular weight excluding hydrogens is 334 g/mol. The first-order valence-corrected chi connectivity index (χ1v) is 8.72. The molecule has 2 aromatic heterocycles. The molecule has 1 atom stereocenters. The monoisotopic (exact) mass is 357 g/mol. The summed E-state index contributed by atoms with van der Waals surface area (Å²) < 4.78 is 7.15. The molecule has 26 heavy (non-hydrogen) atoms. The van der Waals surface area contributed by atoms with Crippen LogP contribution in [0.3, 0.4) is 0 Å². The van der Waals surface area contributed by atoms with Crippen molar-refractivity contribution in [1.82, 2.24) is 24.8 Å². The lowest BCUT2D eigenvalue weighted by Crippen LogP contribution is -2.42. The Balaban J connectivity index is 1.66. The van der Waals surface area contributed by atoms with E-state index in [1.807, 2.05) is 36.6 Å². The van der Waals surface area contributed by atoms with Gasteiger partial charge in [-0.05, 0) is 26.0 Å². The Morgan fingerprint density at radius 2 is 2.19 bits per heavy atom. The van der Waals surface area contributed by atoms with Crippen LogP contribution < -0.4 is 5.32 Å². The maximum absolute atomic E-state index is 12.4. The largest absolute Gasteiger partial charge is 0.372 e. The predicted molar refractivity (Wildman–Crippen MR) is 94.3 cm³/mol. The predicted octanol–water partition coefficient (Wildman–Crippen LogP) is 1.15. The smallest absolute Gasteiger partial charge is 0.271 e. The lowest BCUT2D eigenvalue weighted by molar-refractivity contribution is -0.139. The zero-order valence-electron chi connectivity index (χ0n) is 15.0. The molecule has 0 aliphatic carbocycles. The second-order valence-corrected chi connectivity index (χ2v) is 6.08. The quantitative estimate of drug-likeness (QED) is 0.838. The van der Waals surface area contributed by atoms with Gasteiger partial charge in [0.1, 0.15) is 18.1 Å². The molecule has 0 saturated heterocycles. The molecule has 1 aliphatic heterocycles. The topological polar surface area (TPSA) is 89.4 Å². The summed E-state index contributed by atoms with van der Waals surface area (Å²) in [7, 11) is 0. The maximum Gasteiger partial charge on any atom is 0.271 e. The first-order chi connectivity index (χ1) is 12.6. The van der Waals surface area contributed by atoms with Crippen molar-refractivity contribution in [2.75, 3.05) is 19.8 Å². The van der Waals surface area contributed by atoms with E-state index in [0.717, 1.165) is 5.69 Å². The van der Waals surface area contributed by atoms with E-state index in [1.165, 1.54) is 0 Å². The summed E-state index contributed by atoms with van der Waals surface area (Å²) in [5.74, 6) is 0.399. The normalized spacial score (nSPS) is 16.2. The van der Waals surface area contributed by atoms with Crippen molar-refractivity contribution in [2.45, 2.75) is 33.0 Å². The summed E-state index contributed by atoms with van der Waals surface area (Å²) in [5.41, 5.74) is 1.13. The Hall–Kier alpha value is -2.74. The third-order valence-electron chi connectivity index (χ3n) is 4.37. The Morgan fingerprint density at radius 1 is 1.35 bits per heavy atom. The number of nitrogens with one attached hydrogen (secondary N) is 1. The van der Waals surface area contributed by atoms with Gasteiger partial charge in [-0.1, -0.05) is 6.07 Å². The summed E-state index contributed by atoms with van der Waals surface area (Å²) in [4.78, 5) is 35.0. The minimum Gasteiger partial charge on any atom is -0.372 e. The van der Waals surface area contributed by atoms with Crippen LogP contribution in [0.15, 0.2) is 30.6 Å². The van der Waals surface area contributed by atoms with Crippen molar-refractivity contribution < 1.29 is 14.3 Å². The first kappa shape index (κ1) is 18.1. The average molecular weight is 357 g/mol. The number of imidazole rings is 1. The van der Waals surface area contributed by atoms with Gasteiger partial charge in [0.05, 0.1) is 18.3 Å². The molecule has 0 fully saturated rings. The highest BCUT2D eigenvalue weighted by atomic mass is 16.5. The highest BCUT2D eigenvalue weighted by molar-refractivity contribution is 5.92.